The van der Waals surface area contributed by atoms with Crippen LogP contribution in [0.1, 0.15) is 12.0 Å². The van der Waals surface area contributed by atoms with Gasteiger partial charge in [-0.25, -0.2) is 4.79 Å². The highest BCUT2D eigenvalue weighted by Crippen LogP contribution is 2.30. The molecule has 0 spiro atoms. The highest BCUT2D eigenvalue weighted by atomic mass is 35.5. The molecule has 0 aliphatic rings. The van der Waals surface area contributed by atoms with Crippen molar-refractivity contribution in [3.63, 3.8) is 0 Å². The fourth-order valence-corrected chi connectivity index (χ4v) is 1.26. The lowest BCUT2D eigenvalue weighted by molar-refractivity contribution is -0.137. The van der Waals surface area contributed by atoms with E-state index in [4.69, 9.17) is 16.3 Å². The smallest absolute Gasteiger partial charge is 0.416 e. The zero-order chi connectivity index (χ0) is 13.6. The number of anilines is 1. The molecule has 0 aromatic heterocycles. The van der Waals surface area contributed by atoms with E-state index in [2.05, 4.69) is 5.32 Å². The van der Waals surface area contributed by atoms with Crippen LogP contribution in [0.4, 0.5) is 23.7 Å². The number of benzene rings is 1. The van der Waals surface area contributed by atoms with Gasteiger partial charge >= 0.3 is 12.3 Å². The number of ether oxygens (including phenoxy) is 1. The highest BCUT2D eigenvalue weighted by Gasteiger charge is 2.30. The molecule has 100 valence electrons. The second-order valence-electron chi connectivity index (χ2n) is 3.38. The van der Waals surface area contributed by atoms with E-state index in [-0.39, 0.29) is 12.3 Å². The number of nitrogens with one attached hydrogen (secondary N) is 1. The average Bonchev–Trinajstić information content (AvgIpc) is 2.28. The summed E-state index contributed by atoms with van der Waals surface area (Å²) in [4.78, 5) is 11.2. The van der Waals surface area contributed by atoms with Gasteiger partial charge in [-0.15, -0.1) is 11.6 Å². The number of alkyl halides is 4. The molecule has 0 fully saturated rings. The largest absolute Gasteiger partial charge is 0.449 e. The first-order chi connectivity index (χ1) is 8.43. The van der Waals surface area contributed by atoms with Crippen LogP contribution in [0.25, 0.3) is 0 Å². The number of carbonyl (C=O) groups is 1. The van der Waals surface area contributed by atoms with Gasteiger partial charge in [0.05, 0.1) is 12.2 Å². The van der Waals surface area contributed by atoms with Crippen molar-refractivity contribution in [2.24, 2.45) is 0 Å². The normalized spacial score (nSPS) is 11.1. The van der Waals surface area contributed by atoms with Crippen LogP contribution in [0, 0.1) is 0 Å². The summed E-state index contributed by atoms with van der Waals surface area (Å²) in [6, 6.07) is 4.31. The maximum Gasteiger partial charge on any atom is 0.416 e. The minimum absolute atomic E-state index is 0.0284. The van der Waals surface area contributed by atoms with Gasteiger partial charge in [-0.1, -0.05) is 6.07 Å². The number of rotatable bonds is 4. The molecular weight excluding hydrogens is 271 g/mol. The molecule has 1 rings (SSSR count). The predicted octanol–water partition coefficient (Wildman–Crippen LogP) is 3.88. The Kier molecular flexibility index (Phi) is 5.27. The third-order valence-corrected chi connectivity index (χ3v) is 2.21. The van der Waals surface area contributed by atoms with Gasteiger partial charge in [-0.3, -0.25) is 5.32 Å². The van der Waals surface area contributed by atoms with Crippen molar-refractivity contribution >= 4 is 23.4 Å². The van der Waals surface area contributed by atoms with Crippen molar-refractivity contribution in [1.82, 2.24) is 0 Å². The van der Waals surface area contributed by atoms with E-state index in [0.717, 1.165) is 12.1 Å². The second kappa shape index (κ2) is 6.49. The van der Waals surface area contributed by atoms with Gasteiger partial charge in [0.25, 0.3) is 0 Å². The van der Waals surface area contributed by atoms with Crippen LogP contribution in [0.2, 0.25) is 0 Å². The molecule has 0 saturated heterocycles. The minimum Gasteiger partial charge on any atom is -0.449 e. The van der Waals surface area contributed by atoms with Crippen molar-refractivity contribution < 1.29 is 22.7 Å². The molecule has 1 aromatic rings. The van der Waals surface area contributed by atoms with E-state index in [1.54, 1.807) is 0 Å². The Bertz CT molecular complexity index is 410. The van der Waals surface area contributed by atoms with Crippen molar-refractivity contribution in [3.8, 4) is 0 Å². The van der Waals surface area contributed by atoms with Crippen LogP contribution in [-0.4, -0.2) is 18.6 Å². The van der Waals surface area contributed by atoms with Gasteiger partial charge in [0.15, 0.2) is 0 Å². The SMILES string of the molecule is O=C(Nc1cccc(C(F)(F)F)c1)OCCCCl. The molecule has 1 amide bonds. The van der Waals surface area contributed by atoms with E-state index in [0.29, 0.717) is 12.3 Å². The lowest BCUT2D eigenvalue weighted by Gasteiger charge is -2.10. The van der Waals surface area contributed by atoms with Crippen molar-refractivity contribution in [2.75, 3.05) is 17.8 Å². The topological polar surface area (TPSA) is 38.3 Å². The molecule has 3 nitrogen and oxygen atoms in total. The van der Waals surface area contributed by atoms with Gasteiger partial charge in [0.1, 0.15) is 0 Å². The molecule has 0 atom stereocenters. The summed E-state index contributed by atoms with van der Waals surface area (Å²) in [7, 11) is 0. The summed E-state index contributed by atoms with van der Waals surface area (Å²) in [6.45, 7) is 0.119. The number of amides is 1. The van der Waals surface area contributed by atoms with E-state index < -0.39 is 17.8 Å². The molecule has 0 aliphatic carbocycles. The Balaban J connectivity index is 2.60. The average molecular weight is 282 g/mol. The zero-order valence-electron chi connectivity index (χ0n) is 9.26. The standard InChI is InChI=1S/C11H11ClF3NO2/c12-5-2-6-18-10(17)16-9-4-1-3-8(7-9)11(13,14)15/h1,3-4,7H,2,5-6H2,(H,16,17). The van der Waals surface area contributed by atoms with Crippen LogP contribution >= 0.6 is 11.6 Å². The summed E-state index contributed by atoms with van der Waals surface area (Å²) in [5.74, 6) is 0.344. The zero-order valence-corrected chi connectivity index (χ0v) is 10.0. The Hall–Kier alpha value is -1.43. The molecule has 0 bridgehead atoms. The van der Waals surface area contributed by atoms with Gasteiger partial charge < -0.3 is 4.74 Å². The van der Waals surface area contributed by atoms with Crippen LogP contribution in [0.5, 0.6) is 0 Å². The molecule has 7 heteroatoms. The molecule has 18 heavy (non-hydrogen) atoms. The summed E-state index contributed by atoms with van der Waals surface area (Å²) in [5, 5.41) is 2.21. The van der Waals surface area contributed by atoms with Crippen molar-refractivity contribution in [3.05, 3.63) is 29.8 Å². The Morgan fingerprint density at radius 1 is 1.39 bits per heavy atom. The second-order valence-corrected chi connectivity index (χ2v) is 3.76. The Labute approximate surface area is 107 Å². The molecule has 1 N–H and O–H groups in total. The molecular formula is C11H11ClF3NO2. The maximum atomic E-state index is 12.4. The molecule has 0 aliphatic heterocycles. The summed E-state index contributed by atoms with van der Waals surface area (Å²) in [5.41, 5.74) is -0.804. The van der Waals surface area contributed by atoms with E-state index in [1.165, 1.54) is 12.1 Å². The molecule has 0 heterocycles. The van der Waals surface area contributed by atoms with Crippen LogP contribution in [-0.2, 0) is 10.9 Å². The number of hydrogen-bond acceptors (Lipinski definition) is 2. The van der Waals surface area contributed by atoms with E-state index in [9.17, 15) is 18.0 Å². The summed E-state index contributed by atoms with van der Waals surface area (Å²) < 4.78 is 41.9. The number of carbonyl (C=O) groups excluding carboxylic acids is 1. The third-order valence-electron chi connectivity index (χ3n) is 1.95. The molecule has 0 radical (unpaired) electrons. The Morgan fingerprint density at radius 2 is 2.11 bits per heavy atom. The van der Waals surface area contributed by atoms with Gasteiger partial charge in [0.2, 0.25) is 0 Å². The quantitative estimate of drug-likeness (QED) is 0.672. The van der Waals surface area contributed by atoms with Crippen LogP contribution < -0.4 is 5.32 Å². The minimum atomic E-state index is -4.44. The first-order valence-corrected chi connectivity index (χ1v) is 5.64. The predicted molar refractivity (Wildman–Crippen MR) is 61.8 cm³/mol. The van der Waals surface area contributed by atoms with Gasteiger partial charge in [0, 0.05) is 11.6 Å². The number of halogens is 4. The highest BCUT2D eigenvalue weighted by molar-refractivity contribution is 6.17. The first-order valence-electron chi connectivity index (χ1n) is 5.10. The maximum absolute atomic E-state index is 12.4. The van der Waals surface area contributed by atoms with E-state index >= 15 is 0 Å². The fraction of sp³-hybridized carbons (Fsp3) is 0.364. The van der Waals surface area contributed by atoms with Gasteiger partial charge in [-0.05, 0) is 24.6 Å². The first kappa shape index (κ1) is 14.6. The lowest BCUT2D eigenvalue weighted by Crippen LogP contribution is -2.15. The molecule has 0 saturated carbocycles. The summed E-state index contributed by atoms with van der Waals surface area (Å²) >= 11 is 5.38. The Morgan fingerprint density at radius 3 is 2.72 bits per heavy atom. The third kappa shape index (κ3) is 4.83. The molecule has 1 aromatic carbocycles. The van der Waals surface area contributed by atoms with Crippen molar-refractivity contribution in [2.45, 2.75) is 12.6 Å². The fourth-order valence-electron chi connectivity index (χ4n) is 1.15. The van der Waals surface area contributed by atoms with Gasteiger partial charge in [-0.2, -0.15) is 13.2 Å². The van der Waals surface area contributed by atoms with Crippen LogP contribution in [0.15, 0.2) is 24.3 Å². The van der Waals surface area contributed by atoms with E-state index in [1.807, 2.05) is 0 Å². The lowest BCUT2D eigenvalue weighted by atomic mass is 10.2. The van der Waals surface area contributed by atoms with Crippen LogP contribution in [0.3, 0.4) is 0 Å². The number of hydrogen-bond donors (Lipinski definition) is 1. The monoisotopic (exact) mass is 281 g/mol. The summed E-state index contributed by atoms with van der Waals surface area (Å²) in [6.07, 6.45) is -4.77. The molecule has 0 unspecified atom stereocenters. The van der Waals surface area contributed by atoms with Crippen molar-refractivity contribution in [1.29, 1.82) is 0 Å².